The zero-order chi connectivity index (χ0) is 11.4. The SMILES string of the molecule is CC(Oc1cc[nH]c(=O)c1)c1ccccc1. The molecular weight excluding hydrogens is 202 g/mol. The molecular formula is C13H13NO2. The number of rotatable bonds is 3. The predicted octanol–water partition coefficient (Wildman–Crippen LogP) is 2.51. The van der Waals surface area contributed by atoms with Gasteiger partial charge < -0.3 is 9.72 Å². The van der Waals surface area contributed by atoms with Crippen LogP contribution in [0.4, 0.5) is 0 Å². The summed E-state index contributed by atoms with van der Waals surface area (Å²) in [5.74, 6) is 0.583. The molecule has 0 amide bonds. The maximum absolute atomic E-state index is 11.1. The number of H-pyrrole nitrogens is 1. The molecule has 1 unspecified atom stereocenters. The van der Waals surface area contributed by atoms with Crippen molar-refractivity contribution in [2.45, 2.75) is 13.0 Å². The quantitative estimate of drug-likeness (QED) is 0.854. The molecule has 3 heteroatoms. The van der Waals surface area contributed by atoms with Gasteiger partial charge in [0.25, 0.3) is 5.56 Å². The maximum atomic E-state index is 11.1. The van der Waals surface area contributed by atoms with Crippen molar-refractivity contribution in [3.05, 3.63) is 64.6 Å². The van der Waals surface area contributed by atoms with Crippen molar-refractivity contribution in [1.82, 2.24) is 4.98 Å². The number of hydrogen-bond donors (Lipinski definition) is 1. The van der Waals surface area contributed by atoms with Gasteiger partial charge in [-0.1, -0.05) is 30.3 Å². The highest BCUT2D eigenvalue weighted by Crippen LogP contribution is 2.19. The number of nitrogens with one attached hydrogen (secondary N) is 1. The van der Waals surface area contributed by atoms with Gasteiger partial charge in [-0.15, -0.1) is 0 Å². The fraction of sp³-hybridized carbons (Fsp3) is 0.154. The van der Waals surface area contributed by atoms with Crippen molar-refractivity contribution in [2.75, 3.05) is 0 Å². The first-order valence-corrected chi connectivity index (χ1v) is 5.16. The summed E-state index contributed by atoms with van der Waals surface area (Å²) in [6.45, 7) is 1.95. The van der Waals surface area contributed by atoms with E-state index in [1.807, 2.05) is 37.3 Å². The second-order valence-corrected chi connectivity index (χ2v) is 3.56. The minimum atomic E-state index is -0.155. The monoisotopic (exact) mass is 215 g/mol. The molecule has 1 aromatic carbocycles. The van der Waals surface area contributed by atoms with E-state index < -0.39 is 0 Å². The Hall–Kier alpha value is -2.03. The number of pyridine rings is 1. The van der Waals surface area contributed by atoms with Gasteiger partial charge in [-0.25, -0.2) is 0 Å². The number of benzene rings is 1. The average Bonchev–Trinajstić information content (AvgIpc) is 2.30. The Kier molecular flexibility index (Phi) is 3.05. The molecule has 0 aliphatic heterocycles. The first-order chi connectivity index (χ1) is 7.75. The lowest BCUT2D eigenvalue weighted by molar-refractivity contribution is 0.226. The van der Waals surface area contributed by atoms with Crippen LogP contribution in [-0.2, 0) is 0 Å². The second-order valence-electron chi connectivity index (χ2n) is 3.56. The molecule has 0 aliphatic carbocycles. The molecule has 3 nitrogen and oxygen atoms in total. The average molecular weight is 215 g/mol. The summed E-state index contributed by atoms with van der Waals surface area (Å²) in [5, 5.41) is 0. The highest BCUT2D eigenvalue weighted by Gasteiger charge is 2.06. The lowest BCUT2D eigenvalue weighted by Crippen LogP contribution is -2.07. The largest absolute Gasteiger partial charge is 0.486 e. The van der Waals surface area contributed by atoms with Crippen LogP contribution < -0.4 is 10.3 Å². The van der Waals surface area contributed by atoms with Gasteiger partial charge in [-0.2, -0.15) is 0 Å². The van der Waals surface area contributed by atoms with Crippen LogP contribution >= 0.6 is 0 Å². The van der Waals surface area contributed by atoms with E-state index in [2.05, 4.69) is 4.98 Å². The number of hydrogen-bond acceptors (Lipinski definition) is 2. The Morgan fingerprint density at radius 2 is 1.94 bits per heavy atom. The van der Waals surface area contributed by atoms with Crippen LogP contribution in [0.3, 0.4) is 0 Å². The molecule has 0 fully saturated rings. The van der Waals surface area contributed by atoms with Crippen LogP contribution in [0.2, 0.25) is 0 Å². The Morgan fingerprint density at radius 3 is 2.62 bits per heavy atom. The van der Waals surface area contributed by atoms with E-state index in [0.29, 0.717) is 5.75 Å². The molecule has 2 aromatic rings. The highest BCUT2D eigenvalue weighted by molar-refractivity contribution is 5.21. The molecule has 1 N–H and O–H groups in total. The summed E-state index contributed by atoms with van der Waals surface area (Å²) < 4.78 is 5.66. The molecule has 2 rings (SSSR count). The van der Waals surface area contributed by atoms with Gasteiger partial charge in [0.2, 0.25) is 0 Å². The third-order valence-corrected chi connectivity index (χ3v) is 2.33. The molecule has 0 bridgehead atoms. The van der Waals surface area contributed by atoms with E-state index in [9.17, 15) is 4.79 Å². The van der Waals surface area contributed by atoms with Crippen LogP contribution in [0, 0.1) is 0 Å². The third kappa shape index (κ3) is 2.51. The standard InChI is InChI=1S/C13H13NO2/c1-10(11-5-3-2-4-6-11)16-12-7-8-14-13(15)9-12/h2-10H,1H3,(H,14,15). The third-order valence-electron chi connectivity index (χ3n) is 2.33. The topological polar surface area (TPSA) is 42.1 Å². The lowest BCUT2D eigenvalue weighted by atomic mass is 10.1. The van der Waals surface area contributed by atoms with Gasteiger partial charge >= 0.3 is 0 Å². The molecule has 1 aromatic heterocycles. The van der Waals surface area contributed by atoms with Crippen LogP contribution in [-0.4, -0.2) is 4.98 Å². The molecule has 0 spiro atoms. The summed E-state index contributed by atoms with van der Waals surface area (Å²) in [7, 11) is 0. The van der Waals surface area contributed by atoms with Crippen molar-refractivity contribution in [1.29, 1.82) is 0 Å². The van der Waals surface area contributed by atoms with E-state index >= 15 is 0 Å². The number of aromatic nitrogens is 1. The van der Waals surface area contributed by atoms with Crippen molar-refractivity contribution < 1.29 is 4.74 Å². The van der Waals surface area contributed by atoms with Crippen molar-refractivity contribution in [3.63, 3.8) is 0 Å². The first kappa shape index (κ1) is 10.5. The van der Waals surface area contributed by atoms with Gasteiger partial charge in [0, 0.05) is 12.3 Å². The molecule has 0 saturated carbocycles. The molecule has 1 atom stereocenters. The number of ether oxygens (including phenoxy) is 1. The summed E-state index contributed by atoms with van der Waals surface area (Å²) in [6, 6.07) is 13.1. The van der Waals surface area contributed by atoms with Gasteiger partial charge in [-0.05, 0) is 18.6 Å². The van der Waals surface area contributed by atoms with Gasteiger partial charge in [-0.3, -0.25) is 4.79 Å². The zero-order valence-corrected chi connectivity index (χ0v) is 9.01. The second kappa shape index (κ2) is 4.66. The smallest absolute Gasteiger partial charge is 0.251 e. The normalized spacial score (nSPS) is 12.1. The van der Waals surface area contributed by atoms with E-state index in [4.69, 9.17) is 4.74 Å². The van der Waals surface area contributed by atoms with Crippen LogP contribution in [0.25, 0.3) is 0 Å². The van der Waals surface area contributed by atoms with Crippen LogP contribution in [0.15, 0.2) is 53.5 Å². The van der Waals surface area contributed by atoms with Crippen molar-refractivity contribution in [3.8, 4) is 5.75 Å². The van der Waals surface area contributed by atoms with Crippen molar-refractivity contribution in [2.24, 2.45) is 0 Å². The lowest BCUT2D eigenvalue weighted by Gasteiger charge is -2.14. The van der Waals surface area contributed by atoms with E-state index in [-0.39, 0.29) is 11.7 Å². The summed E-state index contributed by atoms with van der Waals surface area (Å²) >= 11 is 0. The Morgan fingerprint density at radius 1 is 1.19 bits per heavy atom. The van der Waals surface area contributed by atoms with Crippen LogP contribution in [0.5, 0.6) is 5.75 Å². The fourth-order valence-corrected chi connectivity index (χ4v) is 1.49. The molecule has 16 heavy (non-hydrogen) atoms. The van der Waals surface area contributed by atoms with Crippen LogP contribution in [0.1, 0.15) is 18.6 Å². The Labute approximate surface area is 93.7 Å². The number of aromatic amines is 1. The minimum absolute atomic E-state index is 0.0667. The van der Waals surface area contributed by atoms with Gasteiger partial charge in [0.15, 0.2) is 0 Å². The zero-order valence-electron chi connectivity index (χ0n) is 9.01. The maximum Gasteiger partial charge on any atom is 0.251 e. The van der Waals surface area contributed by atoms with Gasteiger partial charge in [0.1, 0.15) is 11.9 Å². The fourth-order valence-electron chi connectivity index (χ4n) is 1.49. The van der Waals surface area contributed by atoms with E-state index in [1.165, 1.54) is 6.07 Å². The Bertz CT molecular complexity index is 505. The highest BCUT2D eigenvalue weighted by atomic mass is 16.5. The summed E-state index contributed by atoms with van der Waals surface area (Å²) in [6.07, 6.45) is 1.51. The molecule has 82 valence electrons. The first-order valence-electron chi connectivity index (χ1n) is 5.16. The van der Waals surface area contributed by atoms with E-state index in [0.717, 1.165) is 5.56 Å². The molecule has 0 radical (unpaired) electrons. The van der Waals surface area contributed by atoms with E-state index in [1.54, 1.807) is 12.3 Å². The minimum Gasteiger partial charge on any atom is -0.486 e. The summed E-state index contributed by atoms with van der Waals surface area (Å²) in [4.78, 5) is 13.6. The summed E-state index contributed by atoms with van der Waals surface area (Å²) in [5.41, 5.74) is 0.931. The Balaban J connectivity index is 2.14. The predicted molar refractivity (Wildman–Crippen MR) is 62.5 cm³/mol. The molecule has 0 saturated heterocycles. The molecule has 0 aliphatic rings. The van der Waals surface area contributed by atoms with Crippen molar-refractivity contribution >= 4 is 0 Å². The van der Waals surface area contributed by atoms with Gasteiger partial charge in [0.05, 0.1) is 0 Å². The molecule has 1 heterocycles.